The molecule has 0 saturated carbocycles. The first-order valence-corrected chi connectivity index (χ1v) is 8.36. The van der Waals surface area contributed by atoms with Crippen LogP contribution in [0.4, 0.5) is 4.39 Å². The van der Waals surface area contributed by atoms with Crippen LogP contribution in [0.5, 0.6) is 11.5 Å². The summed E-state index contributed by atoms with van der Waals surface area (Å²) in [6, 6.07) is 12.1. The van der Waals surface area contributed by atoms with Crippen LogP contribution in [0, 0.1) is 5.82 Å². The molecule has 2 aromatic carbocycles. The third-order valence-corrected chi connectivity index (χ3v) is 4.35. The van der Waals surface area contributed by atoms with E-state index in [0.29, 0.717) is 6.54 Å². The predicted octanol–water partition coefficient (Wildman–Crippen LogP) is 4.08. The zero-order chi connectivity index (χ0) is 18.5. The van der Waals surface area contributed by atoms with Crippen LogP contribution >= 0.6 is 0 Å². The third kappa shape index (κ3) is 3.86. The second kappa shape index (κ2) is 8.01. The van der Waals surface area contributed by atoms with Gasteiger partial charge in [0.1, 0.15) is 17.3 Å². The molecule has 5 nitrogen and oxygen atoms in total. The molecular formula is C20H22FN3O2. The van der Waals surface area contributed by atoms with Gasteiger partial charge in [0.05, 0.1) is 26.1 Å². The standard InChI is InChI=1S/C20H22FN3O2/c1-13(18-10-17(25-2)8-9-19(18)26-3)22-11-15-12-23-24-20(15)14-4-6-16(21)7-5-14/h4-10,12-13,22H,11H2,1-3H3,(H,23,24)/t13-/m0/s1. The van der Waals surface area contributed by atoms with Gasteiger partial charge in [-0.05, 0) is 49.4 Å². The zero-order valence-electron chi connectivity index (χ0n) is 15.0. The van der Waals surface area contributed by atoms with Gasteiger partial charge in [-0.2, -0.15) is 5.10 Å². The first kappa shape index (κ1) is 17.9. The maximum Gasteiger partial charge on any atom is 0.123 e. The molecule has 0 aliphatic rings. The van der Waals surface area contributed by atoms with Crippen molar-refractivity contribution in [2.75, 3.05) is 14.2 Å². The maximum absolute atomic E-state index is 13.1. The Morgan fingerprint density at radius 3 is 2.58 bits per heavy atom. The van der Waals surface area contributed by atoms with Gasteiger partial charge in [0.25, 0.3) is 0 Å². The number of nitrogens with zero attached hydrogens (tertiary/aromatic N) is 1. The lowest BCUT2D eigenvalue weighted by atomic mass is 10.0. The monoisotopic (exact) mass is 355 g/mol. The van der Waals surface area contributed by atoms with Crippen molar-refractivity contribution in [2.24, 2.45) is 0 Å². The molecule has 1 aromatic heterocycles. The fraction of sp³-hybridized carbons (Fsp3) is 0.250. The number of hydrogen-bond acceptors (Lipinski definition) is 4. The van der Waals surface area contributed by atoms with Crippen molar-refractivity contribution in [2.45, 2.75) is 19.5 Å². The summed E-state index contributed by atoms with van der Waals surface area (Å²) in [5.74, 6) is 1.33. The highest BCUT2D eigenvalue weighted by molar-refractivity contribution is 5.62. The molecule has 0 fully saturated rings. The van der Waals surface area contributed by atoms with Crippen LogP contribution in [0.25, 0.3) is 11.3 Å². The molecule has 1 heterocycles. The van der Waals surface area contributed by atoms with E-state index >= 15 is 0 Å². The second-order valence-electron chi connectivity index (χ2n) is 5.99. The topological polar surface area (TPSA) is 59.2 Å². The summed E-state index contributed by atoms with van der Waals surface area (Å²) >= 11 is 0. The highest BCUT2D eigenvalue weighted by Gasteiger charge is 2.14. The van der Waals surface area contributed by atoms with E-state index in [4.69, 9.17) is 9.47 Å². The smallest absolute Gasteiger partial charge is 0.123 e. The zero-order valence-corrected chi connectivity index (χ0v) is 15.0. The minimum Gasteiger partial charge on any atom is -0.497 e. The van der Waals surface area contributed by atoms with Crippen LogP contribution in [0.1, 0.15) is 24.1 Å². The van der Waals surface area contributed by atoms with Crippen LogP contribution < -0.4 is 14.8 Å². The molecule has 0 saturated heterocycles. The molecule has 0 aliphatic heterocycles. The van der Waals surface area contributed by atoms with E-state index in [1.165, 1.54) is 12.1 Å². The molecule has 0 radical (unpaired) electrons. The average molecular weight is 355 g/mol. The molecule has 0 spiro atoms. The SMILES string of the molecule is COc1ccc(OC)c([C@H](C)NCc2cn[nH]c2-c2ccc(F)cc2)c1. The maximum atomic E-state index is 13.1. The van der Waals surface area contributed by atoms with Gasteiger partial charge in [0.2, 0.25) is 0 Å². The van der Waals surface area contributed by atoms with Crippen LogP contribution in [0.15, 0.2) is 48.7 Å². The van der Waals surface area contributed by atoms with Gasteiger partial charge < -0.3 is 14.8 Å². The summed E-state index contributed by atoms with van der Waals surface area (Å²) in [6.07, 6.45) is 1.78. The van der Waals surface area contributed by atoms with E-state index in [0.717, 1.165) is 33.9 Å². The predicted molar refractivity (Wildman–Crippen MR) is 98.8 cm³/mol. The number of halogens is 1. The summed E-state index contributed by atoms with van der Waals surface area (Å²) in [4.78, 5) is 0. The molecule has 6 heteroatoms. The van der Waals surface area contributed by atoms with Gasteiger partial charge in [0.15, 0.2) is 0 Å². The second-order valence-corrected chi connectivity index (χ2v) is 5.99. The quantitative estimate of drug-likeness (QED) is 0.670. The molecule has 0 aliphatic carbocycles. The minimum atomic E-state index is -0.258. The molecule has 136 valence electrons. The molecule has 3 aromatic rings. The van der Waals surface area contributed by atoms with E-state index in [1.807, 2.05) is 18.2 Å². The van der Waals surface area contributed by atoms with Crippen molar-refractivity contribution in [3.63, 3.8) is 0 Å². The fourth-order valence-electron chi connectivity index (χ4n) is 2.86. The Hall–Kier alpha value is -2.86. The van der Waals surface area contributed by atoms with Gasteiger partial charge in [0, 0.05) is 29.3 Å². The van der Waals surface area contributed by atoms with Crippen LogP contribution in [0.2, 0.25) is 0 Å². The lowest BCUT2D eigenvalue weighted by Gasteiger charge is -2.18. The molecule has 26 heavy (non-hydrogen) atoms. The Labute approximate surface area is 152 Å². The summed E-state index contributed by atoms with van der Waals surface area (Å²) in [7, 11) is 3.30. The molecular weight excluding hydrogens is 333 g/mol. The Kier molecular flexibility index (Phi) is 5.53. The number of benzene rings is 2. The molecule has 0 bridgehead atoms. The summed E-state index contributed by atoms with van der Waals surface area (Å²) in [5, 5.41) is 10.6. The van der Waals surface area contributed by atoms with Gasteiger partial charge in [-0.1, -0.05) is 0 Å². The van der Waals surface area contributed by atoms with E-state index in [9.17, 15) is 4.39 Å². The highest BCUT2D eigenvalue weighted by Crippen LogP contribution is 2.30. The number of aromatic amines is 1. The Balaban J connectivity index is 1.76. The van der Waals surface area contributed by atoms with E-state index in [2.05, 4.69) is 22.4 Å². The van der Waals surface area contributed by atoms with Crippen molar-refractivity contribution in [3.05, 3.63) is 65.6 Å². The van der Waals surface area contributed by atoms with E-state index in [1.54, 1.807) is 32.5 Å². The third-order valence-electron chi connectivity index (χ3n) is 4.35. The molecule has 0 unspecified atom stereocenters. The molecule has 1 atom stereocenters. The summed E-state index contributed by atoms with van der Waals surface area (Å²) in [5.41, 5.74) is 3.79. The average Bonchev–Trinajstić information content (AvgIpc) is 3.14. The number of nitrogens with one attached hydrogen (secondary N) is 2. The lowest BCUT2D eigenvalue weighted by molar-refractivity contribution is 0.391. The van der Waals surface area contributed by atoms with E-state index < -0.39 is 0 Å². The van der Waals surface area contributed by atoms with Gasteiger partial charge >= 0.3 is 0 Å². The Morgan fingerprint density at radius 2 is 1.88 bits per heavy atom. The van der Waals surface area contributed by atoms with Gasteiger partial charge in [-0.25, -0.2) is 4.39 Å². The number of hydrogen-bond donors (Lipinski definition) is 2. The van der Waals surface area contributed by atoms with Crippen molar-refractivity contribution in [1.29, 1.82) is 0 Å². The number of aromatic nitrogens is 2. The normalized spacial score (nSPS) is 12.0. The van der Waals surface area contributed by atoms with Crippen LogP contribution in [0.3, 0.4) is 0 Å². The summed E-state index contributed by atoms with van der Waals surface area (Å²) < 4.78 is 23.9. The summed E-state index contributed by atoms with van der Waals surface area (Å²) in [6.45, 7) is 2.67. The van der Waals surface area contributed by atoms with E-state index in [-0.39, 0.29) is 11.9 Å². The molecule has 3 rings (SSSR count). The van der Waals surface area contributed by atoms with Crippen LogP contribution in [-0.4, -0.2) is 24.4 Å². The van der Waals surface area contributed by atoms with Crippen molar-refractivity contribution in [3.8, 4) is 22.8 Å². The van der Waals surface area contributed by atoms with Crippen molar-refractivity contribution < 1.29 is 13.9 Å². The Morgan fingerprint density at radius 1 is 1.12 bits per heavy atom. The first-order valence-electron chi connectivity index (χ1n) is 8.36. The Bertz CT molecular complexity index is 862. The fourth-order valence-corrected chi connectivity index (χ4v) is 2.86. The minimum absolute atomic E-state index is 0.0380. The number of rotatable bonds is 7. The van der Waals surface area contributed by atoms with Gasteiger partial charge in [-0.15, -0.1) is 0 Å². The first-order chi connectivity index (χ1) is 12.6. The highest BCUT2D eigenvalue weighted by atomic mass is 19.1. The number of H-pyrrole nitrogens is 1. The van der Waals surface area contributed by atoms with Gasteiger partial charge in [-0.3, -0.25) is 5.10 Å². The number of methoxy groups -OCH3 is 2. The van der Waals surface area contributed by atoms with Crippen LogP contribution in [-0.2, 0) is 6.54 Å². The molecule has 0 amide bonds. The number of ether oxygens (including phenoxy) is 2. The van der Waals surface area contributed by atoms with Crippen molar-refractivity contribution in [1.82, 2.24) is 15.5 Å². The molecule has 2 N–H and O–H groups in total. The van der Waals surface area contributed by atoms with Crippen molar-refractivity contribution >= 4 is 0 Å². The largest absolute Gasteiger partial charge is 0.497 e. The lowest BCUT2D eigenvalue weighted by Crippen LogP contribution is -2.19.